The lowest BCUT2D eigenvalue weighted by molar-refractivity contribution is 0.0307. The predicted octanol–water partition coefficient (Wildman–Crippen LogP) is 1.52. The third-order valence-corrected chi connectivity index (χ3v) is 4.24. The van der Waals surface area contributed by atoms with Gasteiger partial charge in [-0.25, -0.2) is 0 Å². The fourth-order valence-corrected chi connectivity index (χ4v) is 3.05. The molecule has 2 aliphatic heterocycles. The molecule has 1 amide bonds. The molecular formula is C15H23N3O3. The first kappa shape index (κ1) is 14.5. The fourth-order valence-electron chi connectivity index (χ4n) is 3.05. The zero-order chi connectivity index (χ0) is 14.7. The maximum Gasteiger partial charge on any atom is 0.257 e. The third kappa shape index (κ3) is 3.44. The van der Waals surface area contributed by atoms with E-state index in [0.29, 0.717) is 18.7 Å². The van der Waals surface area contributed by atoms with Gasteiger partial charge < -0.3 is 14.4 Å². The summed E-state index contributed by atoms with van der Waals surface area (Å²) in [6, 6.07) is 0. The lowest BCUT2D eigenvalue weighted by Crippen LogP contribution is -2.42. The highest BCUT2D eigenvalue weighted by Crippen LogP contribution is 2.19. The van der Waals surface area contributed by atoms with Crippen molar-refractivity contribution in [2.24, 2.45) is 0 Å². The quantitative estimate of drug-likeness (QED) is 0.893. The minimum absolute atomic E-state index is 0.0206. The molecule has 6 nitrogen and oxygen atoms in total. The van der Waals surface area contributed by atoms with Crippen LogP contribution in [0.3, 0.4) is 0 Å². The highest BCUT2D eigenvalue weighted by atomic mass is 16.5. The van der Waals surface area contributed by atoms with E-state index in [4.69, 9.17) is 9.47 Å². The molecule has 2 unspecified atom stereocenters. The van der Waals surface area contributed by atoms with E-state index in [1.165, 1.54) is 0 Å². The van der Waals surface area contributed by atoms with Crippen molar-refractivity contribution in [2.75, 3.05) is 26.3 Å². The molecule has 3 rings (SSSR count). The number of hydrogen-bond acceptors (Lipinski definition) is 4. The Balaban J connectivity index is 1.70. The average Bonchev–Trinajstić information content (AvgIpc) is 3.19. The number of carbonyl (C=O) groups is 1. The molecule has 6 heteroatoms. The molecule has 0 saturated carbocycles. The highest BCUT2D eigenvalue weighted by Gasteiger charge is 2.28. The first-order chi connectivity index (χ1) is 10.2. The summed E-state index contributed by atoms with van der Waals surface area (Å²) in [5, 5.41) is 6.79. The topological polar surface area (TPSA) is 67.5 Å². The normalized spacial score (nSPS) is 25.4. The van der Waals surface area contributed by atoms with Crippen molar-refractivity contribution in [1.82, 2.24) is 15.1 Å². The van der Waals surface area contributed by atoms with Crippen LogP contribution in [0.5, 0.6) is 0 Å². The van der Waals surface area contributed by atoms with Gasteiger partial charge in [0.25, 0.3) is 5.91 Å². The second-order valence-corrected chi connectivity index (χ2v) is 5.89. The fraction of sp³-hybridized carbons (Fsp3) is 0.733. The van der Waals surface area contributed by atoms with Gasteiger partial charge in [0, 0.05) is 32.0 Å². The molecule has 3 heterocycles. The molecule has 0 spiro atoms. The van der Waals surface area contributed by atoms with Crippen LogP contribution in [0.15, 0.2) is 6.20 Å². The summed E-state index contributed by atoms with van der Waals surface area (Å²) in [4.78, 5) is 14.6. The highest BCUT2D eigenvalue weighted by molar-refractivity contribution is 5.95. The van der Waals surface area contributed by atoms with Crippen molar-refractivity contribution in [3.63, 3.8) is 0 Å². The maximum atomic E-state index is 12.8. The van der Waals surface area contributed by atoms with Crippen LogP contribution in [0.4, 0.5) is 0 Å². The van der Waals surface area contributed by atoms with Gasteiger partial charge in [-0.3, -0.25) is 9.89 Å². The van der Waals surface area contributed by atoms with E-state index >= 15 is 0 Å². The van der Waals surface area contributed by atoms with E-state index in [1.807, 2.05) is 11.8 Å². The lowest BCUT2D eigenvalue weighted by atomic mass is 10.1. The van der Waals surface area contributed by atoms with Crippen LogP contribution in [0.1, 0.15) is 41.7 Å². The van der Waals surface area contributed by atoms with E-state index in [0.717, 1.165) is 44.6 Å². The second-order valence-electron chi connectivity index (χ2n) is 5.89. The van der Waals surface area contributed by atoms with Gasteiger partial charge >= 0.3 is 0 Å². The van der Waals surface area contributed by atoms with Crippen LogP contribution < -0.4 is 0 Å². The Kier molecular flexibility index (Phi) is 4.55. The van der Waals surface area contributed by atoms with Gasteiger partial charge in [-0.15, -0.1) is 0 Å². The number of nitrogens with one attached hydrogen (secondary N) is 1. The van der Waals surface area contributed by atoms with Crippen molar-refractivity contribution in [3.8, 4) is 0 Å². The standard InChI is InChI=1S/C15H23N3O3/c1-11-14(8-16-17-11)15(19)18(9-12-4-2-6-20-12)10-13-5-3-7-21-13/h8,12-13H,2-7,9-10H2,1H3,(H,16,17). The number of ether oxygens (including phenoxy) is 2. The van der Waals surface area contributed by atoms with Crippen LogP contribution in [0.2, 0.25) is 0 Å². The van der Waals surface area contributed by atoms with Crippen LogP contribution in [0.25, 0.3) is 0 Å². The summed E-state index contributed by atoms with van der Waals surface area (Å²) in [6.07, 6.45) is 6.13. The van der Waals surface area contributed by atoms with E-state index < -0.39 is 0 Å². The van der Waals surface area contributed by atoms with Gasteiger partial charge in [0.2, 0.25) is 0 Å². The SMILES string of the molecule is Cc1[nH]ncc1C(=O)N(CC1CCCO1)CC1CCCO1. The summed E-state index contributed by atoms with van der Waals surface area (Å²) in [5.41, 5.74) is 1.45. The predicted molar refractivity (Wildman–Crippen MR) is 77.2 cm³/mol. The maximum absolute atomic E-state index is 12.8. The van der Waals surface area contributed by atoms with Crippen LogP contribution in [0, 0.1) is 6.92 Å². The Hall–Kier alpha value is -1.40. The number of aromatic nitrogens is 2. The number of aromatic amines is 1. The first-order valence-electron chi connectivity index (χ1n) is 7.76. The molecule has 116 valence electrons. The smallest absolute Gasteiger partial charge is 0.257 e. The molecule has 0 aliphatic carbocycles. The lowest BCUT2D eigenvalue weighted by Gasteiger charge is -2.27. The third-order valence-electron chi connectivity index (χ3n) is 4.24. The molecule has 1 N–H and O–H groups in total. The monoisotopic (exact) mass is 293 g/mol. The Morgan fingerprint density at radius 1 is 1.29 bits per heavy atom. The Morgan fingerprint density at radius 2 is 1.90 bits per heavy atom. The largest absolute Gasteiger partial charge is 0.376 e. The second kappa shape index (κ2) is 6.58. The molecule has 2 aliphatic rings. The number of H-pyrrole nitrogens is 1. The van der Waals surface area contributed by atoms with E-state index in [9.17, 15) is 4.79 Å². The van der Waals surface area contributed by atoms with Crippen molar-refractivity contribution in [3.05, 3.63) is 17.5 Å². The van der Waals surface area contributed by atoms with Gasteiger partial charge in [-0.1, -0.05) is 0 Å². The zero-order valence-corrected chi connectivity index (χ0v) is 12.5. The Morgan fingerprint density at radius 3 is 2.33 bits per heavy atom. The number of amides is 1. The van der Waals surface area contributed by atoms with Crippen LogP contribution in [-0.4, -0.2) is 59.5 Å². The van der Waals surface area contributed by atoms with Gasteiger partial charge in [-0.05, 0) is 32.6 Å². The van der Waals surface area contributed by atoms with E-state index in [-0.39, 0.29) is 18.1 Å². The molecule has 2 saturated heterocycles. The van der Waals surface area contributed by atoms with Gasteiger partial charge in [0.05, 0.1) is 24.0 Å². The molecule has 0 radical (unpaired) electrons. The van der Waals surface area contributed by atoms with E-state index in [2.05, 4.69) is 10.2 Å². The van der Waals surface area contributed by atoms with Crippen molar-refractivity contribution in [2.45, 2.75) is 44.8 Å². The van der Waals surface area contributed by atoms with Crippen molar-refractivity contribution in [1.29, 1.82) is 0 Å². The minimum atomic E-state index is 0.0206. The number of rotatable bonds is 5. The van der Waals surface area contributed by atoms with Gasteiger partial charge in [0.15, 0.2) is 0 Å². The molecule has 1 aromatic heterocycles. The Labute approximate surface area is 124 Å². The summed E-state index contributed by atoms with van der Waals surface area (Å²) in [7, 11) is 0. The molecule has 2 fully saturated rings. The molecular weight excluding hydrogens is 270 g/mol. The number of hydrogen-bond donors (Lipinski definition) is 1. The number of aryl methyl sites for hydroxylation is 1. The first-order valence-corrected chi connectivity index (χ1v) is 7.76. The van der Waals surface area contributed by atoms with Crippen LogP contribution >= 0.6 is 0 Å². The molecule has 0 aromatic carbocycles. The summed E-state index contributed by atoms with van der Waals surface area (Å²) >= 11 is 0. The molecule has 1 aromatic rings. The van der Waals surface area contributed by atoms with E-state index in [1.54, 1.807) is 6.20 Å². The summed E-state index contributed by atoms with van der Waals surface area (Å²) < 4.78 is 11.4. The number of carbonyl (C=O) groups excluding carboxylic acids is 1. The average molecular weight is 293 g/mol. The van der Waals surface area contributed by atoms with Crippen molar-refractivity contribution < 1.29 is 14.3 Å². The minimum Gasteiger partial charge on any atom is -0.376 e. The summed E-state index contributed by atoms with van der Waals surface area (Å²) in [6.45, 7) is 4.76. The summed E-state index contributed by atoms with van der Waals surface area (Å²) in [5.74, 6) is 0.0206. The molecule has 2 atom stereocenters. The Bertz CT molecular complexity index is 458. The molecule has 21 heavy (non-hydrogen) atoms. The van der Waals surface area contributed by atoms with Crippen LogP contribution in [-0.2, 0) is 9.47 Å². The van der Waals surface area contributed by atoms with Gasteiger partial charge in [-0.2, -0.15) is 5.10 Å². The molecule has 0 bridgehead atoms. The van der Waals surface area contributed by atoms with Gasteiger partial charge in [0.1, 0.15) is 0 Å². The zero-order valence-electron chi connectivity index (χ0n) is 12.5. The van der Waals surface area contributed by atoms with Crippen molar-refractivity contribution >= 4 is 5.91 Å². The number of nitrogens with zero attached hydrogens (tertiary/aromatic N) is 2.